The molecule has 0 aromatic heterocycles. The summed E-state index contributed by atoms with van der Waals surface area (Å²) in [6.45, 7) is 4.56. The van der Waals surface area contributed by atoms with Crippen molar-refractivity contribution in [3.63, 3.8) is 0 Å². The van der Waals surface area contributed by atoms with E-state index in [9.17, 15) is 0 Å². The van der Waals surface area contributed by atoms with Crippen LogP contribution in [0.2, 0.25) is 0 Å². The molecule has 1 aliphatic rings. The molecule has 0 aromatic rings. The van der Waals surface area contributed by atoms with E-state index in [4.69, 9.17) is 11.6 Å². The zero-order chi connectivity index (χ0) is 7.40. The summed E-state index contributed by atoms with van der Waals surface area (Å²) in [6.07, 6.45) is 0. The number of halogens is 1. The molecule has 0 aromatic carbocycles. The molecule has 0 fully saturated rings. The van der Waals surface area contributed by atoms with E-state index in [1.165, 1.54) is 0 Å². The van der Waals surface area contributed by atoms with E-state index in [2.05, 4.69) is 11.6 Å². The fraction of sp³-hybridized carbons (Fsp3) is 0.500. The van der Waals surface area contributed by atoms with Crippen LogP contribution in [0.4, 0.5) is 0 Å². The molecule has 0 N–H and O–H groups in total. The quantitative estimate of drug-likeness (QED) is 0.669. The fourth-order valence-electron chi connectivity index (χ4n) is 0.543. The Balaban J connectivity index is 2.19. The Morgan fingerprint density at radius 2 is 2.70 bits per heavy atom. The van der Waals surface area contributed by atoms with Crippen molar-refractivity contribution >= 4 is 39.5 Å². The first-order valence-corrected chi connectivity index (χ1v) is 5.27. The van der Waals surface area contributed by atoms with Gasteiger partial charge in [0, 0.05) is 16.5 Å². The molecule has 0 spiro atoms. The molecule has 0 atom stereocenters. The van der Waals surface area contributed by atoms with Crippen LogP contribution in [-0.2, 0) is 0 Å². The summed E-state index contributed by atoms with van der Waals surface area (Å²) in [6, 6.07) is 0. The summed E-state index contributed by atoms with van der Waals surface area (Å²) in [4.78, 5) is 4.25. The van der Waals surface area contributed by atoms with Crippen molar-refractivity contribution in [2.24, 2.45) is 4.99 Å². The van der Waals surface area contributed by atoms with Crippen molar-refractivity contribution in [1.82, 2.24) is 0 Å². The molecule has 0 radical (unpaired) electrons. The van der Waals surface area contributed by atoms with Crippen LogP contribution in [0.1, 0.15) is 0 Å². The Morgan fingerprint density at radius 3 is 3.20 bits per heavy atom. The highest BCUT2D eigenvalue weighted by molar-refractivity contribution is 8.39. The van der Waals surface area contributed by atoms with E-state index in [-0.39, 0.29) is 0 Å². The van der Waals surface area contributed by atoms with Gasteiger partial charge in [0.2, 0.25) is 0 Å². The first-order valence-electron chi connectivity index (χ1n) is 2.92. The molecule has 0 bridgehead atoms. The molecule has 1 aliphatic heterocycles. The van der Waals surface area contributed by atoms with Crippen molar-refractivity contribution < 1.29 is 0 Å². The minimum Gasteiger partial charge on any atom is -0.271 e. The standard InChI is InChI=1S/C6H8ClNS2/c1-5(7)4-10-6-8-2-3-9-6/h1-4H2. The van der Waals surface area contributed by atoms with Crippen LogP contribution in [0.5, 0.6) is 0 Å². The van der Waals surface area contributed by atoms with Crippen molar-refractivity contribution in [3.05, 3.63) is 11.6 Å². The predicted molar refractivity (Wildman–Crippen MR) is 52.2 cm³/mol. The maximum atomic E-state index is 5.58. The Labute approximate surface area is 74.3 Å². The first kappa shape index (κ1) is 8.50. The first-order chi connectivity index (χ1) is 4.79. The SMILES string of the molecule is C=C(Cl)CSC1=NCCS1. The summed E-state index contributed by atoms with van der Waals surface area (Å²) in [7, 11) is 0. The van der Waals surface area contributed by atoms with Gasteiger partial charge in [-0.1, -0.05) is 41.7 Å². The van der Waals surface area contributed by atoms with Crippen LogP contribution in [0.15, 0.2) is 16.6 Å². The van der Waals surface area contributed by atoms with Gasteiger partial charge in [0.15, 0.2) is 0 Å². The lowest BCUT2D eigenvalue weighted by molar-refractivity contribution is 1.18. The van der Waals surface area contributed by atoms with Crippen LogP contribution >= 0.6 is 35.1 Å². The molecule has 1 nitrogen and oxygen atoms in total. The van der Waals surface area contributed by atoms with Crippen LogP contribution in [0.25, 0.3) is 0 Å². The second-order valence-electron chi connectivity index (χ2n) is 1.80. The average molecular weight is 194 g/mol. The molecule has 0 aliphatic carbocycles. The van der Waals surface area contributed by atoms with Crippen LogP contribution in [0, 0.1) is 0 Å². The molecule has 10 heavy (non-hydrogen) atoms. The zero-order valence-corrected chi connectivity index (χ0v) is 7.86. The van der Waals surface area contributed by atoms with E-state index >= 15 is 0 Å². The monoisotopic (exact) mass is 193 g/mol. The van der Waals surface area contributed by atoms with Crippen molar-refractivity contribution in [3.8, 4) is 0 Å². The van der Waals surface area contributed by atoms with Gasteiger partial charge in [0.05, 0.1) is 6.54 Å². The molecule has 56 valence electrons. The average Bonchev–Trinajstić information content (AvgIpc) is 2.34. The fourth-order valence-corrected chi connectivity index (χ4v) is 2.47. The van der Waals surface area contributed by atoms with Gasteiger partial charge in [-0.05, 0) is 0 Å². The third kappa shape index (κ3) is 2.99. The molecular weight excluding hydrogens is 186 g/mol. The molecule has 1 rings (SSSR count). The lowest BCUT2D eigenvalue weighted by atomic mass is 10.7. The third-order valence-electron chi connectivity index (χ3n) is 0.910. The molecule has 4 heteroatoms. The van der Waals surface area contributed by atoms with E-state index in [1.807, 2.05) is 0 Å². The summed E-state index contributed by atoms with van der Waals surface area (Å²) < 4.78 is 1.15. The third-order valence-corrected chi connectivity index (χ3v) is 3.54. The van der Waals surface area contributed by atoms with Gasteiger partial charge < -0.3 is 0 Å². The number of nitrogens with zero attached hydrogens (tertiary/aromatic N) is 1. The number of rotatable bonds is 2. The number of hydrogen-bond acceptors (Lipinski definition) is 3. The van der Waals surface area contributed by atoms with E-state index < -0.39 is 0 Å². The largest absolute Gasteiger partial charge is 0.271 e. The minimum absolute atomic E-state index is 0.695. The Morgan fingerprint density at radius 1 is 1.90 bits per heavy atom. The van der Waals surface area contributed by atoms with Crippen molar-refractivity contribution in [1.29, 1.82) is 0 Å². The highest BCUT2D eigenvalue weighted by Gasteiger charge is 2.06. The van der Waals surface area contributed by atoms with Gasteiger partial charge in [-0.25, -0.2) is 0 Å². The zero-order valence-electron chi connectivity index (χ0n) is 5.47. The number of hydrogen-bond donors (Lipinski definition) is 0. The van der Waals surface area contributed by atoms with Gasteiger partial charge >= 0.3 is 0 Å². The number of aliphatic imine (C=N–C) groups is 1. The van der Waals surface area contributed by atoms with Gasteiger partial charge in [0.1, 0.15) is 4.38 Å². The maximum absolute atomic E-state index is 5.58. The van der Waals surface area contributed by atoms with Crippen LogP contribution < -0.4 is 0 Å². The lowest BCUT2D eigenvalue weighted by Gasteiger charge is -1.95. The summed E-state index contributed by atoms with van der Waals surface area (Å²) in [5.41, 5.74) is 0. The Kier molecular flexibility index (Phi) is 3.66. The smallest absolute Gasteiger partial charge is 0.125 e. The molecular formula is C6H8ClNS2. The van der Waals surface area contributed by atoms with E-state index in [0.717, 1.165) is 22.4 Å². The summed E-state index contributed by atoms with van der Waals surface area (Å²) >= 11 is 9.05. The van der Waals surface area contributed by atoms with E-state index in [0.29, 0.717) is 5.03 Å². The molecule has 0 unspecified atom stereocenters. The Hall–Kier alpha value is 0.400. The molecule has 0 saturated heterocycles. The van der Waals surface area contributed by atoms with Gasteiger partial charge in [-0.3, -0.25) is 4.99 Å². The molecule has 0 saturated carbocycles. The highest BCUT2D eigenvalue weighted by Crippen LogP contribution is 2.23. The second-order valence-corrected chi connectivity index (χ2v) is 4.64. The molecule has 0 amide bonds. The number of thioether (sulfide) groups is 2. The van der Waals surface area contributed by atoms with E-state index in [1.54, 1.807) is 23.5 Å². The van der Waals surface area contributed by atoms with Gasteiger partial charge in [0.25, 0.3) is 0 Å². The maximum Gasteiger partial charge on any atom is 0.125 e. The minimum atomic E-state index is 0.695. The second kappa shape index (κ2) is 4.31. The summed E-state index contributed by atoms with van der Waals surface area (Å²) in [5, 5.41) is 0.695. The van der Waals surface area contributed by atoms with Crippen molar-refractivity contribution in [2.75, 3.05) is 18.1 Å². The van der Waals surface area contributed by atoms with Crippen LogP contribution in [0.3, 0.4) is 0 Å². The van der Waals surface area contributed by atoms with Gasteiger partial charge in [-0.15, -0.1) is 0 Å². The predicted octanol–water partition coefficient (Wildman–Crippen LogP) is 2.57. The highest BCUT2D eigenvalue weighted by atomic mass is 35.5. The topological polar surface area (TPSA) is 12.4 Å². The van der Waals surface area contributed by atoms with Crippen LogP contribution in [-0.4, -0.2) is 22.4 Å². The lowest BCUT2D eigenvalue weighted by Crippen LogP contribution is -1.82. The van der Waals surface area contributed by atoms with Gasteiger partial charge in [-0.2, -0.15) is 0 Å². The Bertz CT molecular complexity index is 167. The van der Waals surface area contributed by atoms with Crippen molar-refractivity contribution in [2.45, 2.75) is 0 Å². The summed E-state index contributed by atoms with van der Waals surface area (Å²) in [5.74, 6) is 1.91. The molecule has 1 heterocycles. The normalized spacial score (nSPS) is 17.1.